The van der Waals surface area contributed by atoms with Gasteiger partial charge < -0.3 is 20.0 Å². The summed E-state index contributed by atoms with van der Waals surface area (Å²) < 4.78 is 0. The summed E-state index contributed by atoms with van der Waals surface area (Å²) in [6.07, 6.45) is 8.96. The van der Waals surface area contributed by atoms with E-state index in [1.165, 1.54) is 78.0 Å². The Balaban J connectivity index is 0.000000970. The first kappa shape index (κ1) is 24.0. The van der Waals surface area contributed by atoms with Gasteiger partial charge in [0, 0.05) is 64.8 Å². The van der Waals surface area contributed by atoms with Crippen LogP contribution in [0.4, 0.5) is 5.95 Å². The summed E-state index contributed by atoms with van der Waals surface area (Å²) in [6.45, 7) is 16.3. The van der Waals surface area contributed by atoms with E-state index < -0.39 is 0 Å². The standard InChI is InChI=1S/C20H34N6.C2H6.CH4/c1-6-22-20(23-7-1)26-10-4-19(5-11-26)17-25-14-12-24(13-15-25)16-18-2-8-21-9-3-18;1-2;/h1,6-7,18-19,21H,2-5,8-17H2;1-2H3;1H4. The molecule has 0 amide bonds. The maximum atomic E-state index is 4.39. The van der Waals surface area contributed by atoms with Gasteiger partial charge in [0.2, 0.25) is 5.95 Å². The largest absolute Gasteiger partial charge is 0.341 e. The minimum Gasteiger partial charge on any atom is -0.341 e. The van der Waals surface area contributed by atoms with E-state index in [0.29, 0.717) is 0 Å². The van der Waals surface area contributed by atoms with Crippen molar-refractivity contribution in [2.24, 2.45) is 11.8 Å². The molecule has 1 aromatic heterocycles. The van der Waals surface area contributed by atoms with E-state index in [4.69, 9.17) is 0 Å². The highest BCUT2D eigenvalue weighted by Gasteiger charge is 2.25. The van der Waals surface area contributed by atoms with E-state index in [2.05, 4.69) is 30.0 Å². The summed E-state index contributed by atoms with van der Waals surface area (Å²) in [6, 6.07) is 1.89. The molecule has 0 radical (unpaired) electrons. The van der Waals surface area contributed by atoms with Crippen LogP contribution >= 0.6 is 0 Å². The Hall–Kier alpha value is -1.24. The lowest BCUT2D eigenvalue weighted by Gasteiger charge is -2.40. The molecular formula is C23H44N6. The first-order chi connectivity index (χ1) is 13.9. The van der Waals surface area contributed by atoms with Gasteiger partial charge in [-0.3, -0.25) is 0 Å². The minimum absolute atomic E-state index is 0. The van der Waals surface area contributed by atoms with Crippen LogP contribution in [-0.2, 0) is 0 Å². The molecule has 0 aliphatic carbocycles. The monoisotopic (exact) mass is 404 g/mol. The summed E-state index contributed by atoms with van der Waals surface area (Å²) >= 11 is 0. The van der Waals surface area contributed by atoms with Gasteiger partial charge in [-0.1, -0.05) is 21.3 Å². The summed E-state index contributed by atoms with van der Waals surface area (Å²) in [5.41, 5.74) is 0. The Bertz CT molecular complexity index is 517. The summed E-state index contributed by atoms with van der Waals surface area (Å²) in [5, 5.41) is 3.48. The molecule has 1 aromatic rings. The number of nitrogens with one attached hydrogen (secondary N) is 1. The first-order valence-electron chi connectivity index (χ1n) is 11.5. The highest BCUT2D eigenvalue weighted by Crippen LogP contribution is 2.22. The molecule has 0 spiro atoms. The van der Waals surface area contributed by atoms with Crippen LogP contribution < -0.4 is 10.2 Å². The third-order valence-electron chi connectivity index (χ3n) is 6.41. The molecule has 3 aliphatic rings. The van der Waals surface area contributed by atoms with Gasteiger partial charge >= 0.3 is 0 Å². The van der Waals surface area contributed by atoms with E-state index in [9.17, 15) is 0 Å². The predicted octanol–water partition coefficient (Wildman–Crippen LogP) is 2.97. The van der Waals surface area contributed by atoms with Gasteiger partial charge in [0.25, 0.3) is 0 Å². The first-order valence-corrected chi connectivity index (χ1v) is 11.5. The Morgan fingerprint density at radius 1 is 0.793 bits per heavy atom. The molecule has 6 nitrogen and oxygen atoms in total. The van der Waals surface area contributed by atoms with Crippen molar-refractivity contribution in [3.63, 3.8) is 0 Å². The van der Waals surface area contributed by atoms with Gasteiger partial charge in [-0.05, 0) is 56.7 Å². The van der Waals surface area contributed by atoms with E-state index in [1.54, 1.807) is 0 Å². The molecule has 0 aromatic carbocycles. The number of aromatic nitrogens is 2. The Morgan fingerprint density at radius 3 is 1.79 bits per heavy atom. The Kier molecular flexibility index (Phi) is 10.9. The molecule has 0 unspecified atom stereocenters. The SMILES string of the molecule is C.CC.c1cnc(N2CCC(CN3CCN(CC4CCNCC4)CC3)CC2)nc1. The van der Waals surface area contributed by atoms with E-state index in [-0.39, 0.29) is 7.43 Å². The predicted molar refractivity (Wildman–Crippen MR) is 124 cm³/mol. The molecule has 3 aliphatic heterocycles. The Labute approximate surface area is 179 Å². The van der Waals surface area contributed by atoms with Crippen molar-refractivity contribution in [3.8, 4) is 0 Å². The van der Waals surface area contributed by atoms with Gasteiger partial charge in [0.15, 0.2) is 0 Å². The second-order valence-corrected chi connectivity index (χ2v) is 8.27. The van der Waals surface area contributed by atoms with Crippen LogP contribution in [0.5, 0.6) is 0 Å². The van der Waals surface area contributed by atoms with Gasteiger partial charge in [-0.2, -0.15) is 0 Å². The van der Waals surface area contributed by atoms with Crippen molar-refractivity contribution in [1.29, 1.82) is 0 Å². The molecule has 6 heteroatoms. The van der Waals surface area contributed by atoms with Crippen LogP contribution in [0, 0.1) is 11.8 Å². The summed E-state index contributed by atoms with van der Waals surface area (Å²) in [4.78, 5) is 16.5. The van der Waals surface area contributed by atoms with Crippen LogP contribution in [0.1, 0.15) is 47.0 Å². The molecule has 166 valence electrons. The molecular weight excluding hydrogens is 360 g/mol. The quantitative estimate of drug-likeness (QED) is 0.814. The zero-order valence-electron chi connectivity index (χ0n) is 18.0. The fraction of sp³-hybridized carbons (Fsp3) is 0.826. The third-order valence-corrected chi connectivity index (χ3v) is 6.41. The lowest BCUT2D eigenvalue weighted by Crippen LogP contribution is -2.50. The van der Waals surface area contributed by atoms with Crippen LogP contribution in [0.2, 0.25) is 0 Å². The van der Waals surface area contributed by atoms with Gasteiger partial charge in [-0.15, -0.1) is 0 Å². The van der Waals surface area contributed by atoms with Crippen molar-refractivity contribution in [2.45, 2.75) is 47.0 Å². The zero-order chi connectivity index (χ0) is 19.6. The Morgan fingerprint density at radius 2 is 1.28 bits per heavy atom. The molecule has 4 heterocycles. The number of piperazine rings is 1. The summed E-state index contributed by atoms with van der Waals surface area (Å²) in [5.74, 6) is 2.66. The minimum atomic E-state index is 0. The normalized spacial score (nSPS) is 22.5. The lowest BCUT2D eigenvalue weighted by atomic mass is 9.95. The van der Waals surface area contributed by atoms with Gasteiger partial charge in [0.05, 0.1) is 0 Å². The lowest BCUT2D eigenvalue weighted by molar-refractivity contribution is 0.0961. The average Bonchev–Trinajstić information content (AvgIpc) is 2.78. The smallest absolute Gasteiger partial charge is 0.225 e. The number of hydrogen-bond acceptors (Lipinski definition) is 6. The fourth-order valence-electron chi connectivity index (χ4n) is 4.72. The van der Waals surface area contributed by atoms with E-state index >= 15 is 0 Å². The molecule has 0 atom stereocenters. The molecule has 1 N–H and O–H groups in total. The maximum Gasteiger partial charge on any atom is 0.225 e. The second-order valence-electron chi connectivity index (χ2n) is 8.27. The molecule has 29 heavy (non-hydrogen) atoms. The van der Waals surface area contributed by atoms with E-state index in [1.807, 2.05) is 32.3 Å². The van der Waals surface area contributed by atoms with Crippen molar-refractivity contribution in [1.82, 2.24) is 25.1 Å². The average molecular weight is 405 g/mol. The number of anilines is 1. The zero-order valence-corrected chi connectivity index (χ0v) is 18.0. The van der Waals surface area contributed by atoms with E-state index in [0.717, 1.165) is 30.9 Å². The molecule has 0 saturated carbocycles. The van der Waals surface area contributed by atoms with Crippen LogP contribution in [0.15, 0.2) is 18.5 Å². The number of rotatable bonds is 5. The van der Waals surface area contributed by atoms with Crippen LogP contribution in [0.25, 0.3) is 0 Å². The van der Waals surface area contributed by atoms with Crippen molar-refractivity contribution in [3.05, 3.63) is 18.5 Å². The van der Waals surface area contributed by atoms with Crippen molar-refractivity contribution >= 4 is 5.95 Å². The van der Waals surface area contributed by atoms with Gasteiger partial charge in [0.1, 0.15) is 0 Å². The molecule has 3 saturated heterocycles. The second kappa shape index (κ2) is 13.1. The topological polar surface area (TPSA) is 47.5 Å². The number of hydrogen-bond donors (Lipinski definition) is 1. The summed E-state index contributed by atoms with van der Waals surface area (Å²) in [7, 11) is 0. The fourth-order valence-corrected chi connectivity index (χ4v) is 4.72. The number of nitrogens with zero attached hydrogens (tertiary/aromatic N) is 5. The molecule has 3 fully saturated rings. The maximum absolute atomic E-state index is 4.39. The van der Waals surface area contributed by atoms with Crippen LogP contribution in [-0.4, -0.2) is 85.2 Å². The van der Waals surface area contributed by atoms with Crippen molar-refractivity contribution in [2.75, 3.05) is 70.3 Å². The number of piperidine rings is 2. The molecule has 4 rings (SSSR count). The highest BCUT2D eigenvalue weighted by molar-refractivity contribution is 5.28. The van der Waals surface area contributed by atoms with Crippen molar-refractivity contribution < 1.29 is 0 Å². The molecule has 0 bridgehead atoms. The van der Waals surface area contributed by atoms with Crippen LogP contribution in [0.3, 0.4) is 0 Å². The third kappa shape index (κ3) is 7.50. The van der Waals surface area contributed by atoms with Gasteiger partial charge in [-0.25, -0.2) is 9.97 Å². The highest BCUT2D eigenvalue weighted by atomic mass is 15.3.